The molecule has 1 aliphatic rings. The zero-order valence-corrected chi connectivity index (χ0v) is 17.7. The molecule has 0 spiro atoms. The minimum atomic E-state index is -3.77. The Kier molecular flexibility index (Phi) is 4.82. The summed E-state index contributed by atoms with van der Waals surface area (Å²) in [5.41, 5.74) is 0.978. The van der Waals surface area contributed by atoms with Crippen LogP contribution in [0.5, 0.6) is 11.5 Å². The van der Waals surface area contributed by atoms with E-state index >= 15 is 0 Å². The summed E-state index contributed by atoms with van der Waals surface area (Å²) in [5.74, 6) is -0.857. The van der Waals surface area contributed by atoms with Crippen molar-refractivity contribution in [2.24, 2.45) is 0 Å². The van der Waals surface area contributed by atoms with Crippen molar-refractivity contribution in [1.82, 2.24) is 9.78 Å². The van der Waals surface area contributed by atoms with Gasteiger partial charge in [-0.05, 0) is 30.3 Å². The normalized spacial score (nSPS) is 13.9. The maximum Gasteiger partial charge on any atom is 0.586 e. The molecule has 4 aromatic rings. The third kappa shape index (κ3) is 3.78. The third-order valence-corrected chi connectivity index (χ3v) is 5.33. The van der Waals surface area contributed by atoms with E-state index in [0.717, 1.165) is 4.68 Å². The Morgan fingerprint density at radius 2 is 1.94 bits per heavy atom. The summed E-state index contributed by atoms with van der Waals surface area (Å²) in [5, 5.41) is 5.06. The Bertz CT molecular complexity index is 1470. The number of hydrogen-bond donors (Lipinski definition) is 0. The summed E-state index contributed by atoms with van der Waals surface area (Å²) >= 11 is 6.09. The van der Waals surface area contributed by atoms with E-state index in [0.29, 0.717) is 16.3 Å². The van der Waals surface area contributed by atoms with Gasteiger partial charge in [-0.2, -0.15) is 5.10 Å². The SMILES string of the molecule is CN(C(=O)Cn1nc(-c2cccc(Cl)c2)c2occc2c1=O)c1ccc2c(c1)OC(F)(F)O2. The van der Waals surface area contributed by atoms with Crippen LogP contribution < -0.4 is 19.9 Å². The van der Waals surface area contributed by atoms with Crippen molar-refractivity contribution in [3.8, 4) is 22.8 Å². The Morgan fingerprint density at radius 1 is 1.15 bits per heavy atom. The van der Waals surface area contributed by atoms with Crippen molar-refractivity contribution in [2.45, 2.75) is 12.8 Å². The molecule has 0 fully saturated rings. The molecule has 0 saturated heterocycles. The molecule has 2 aromatic carbocycles. The summed E-state index contributed by atoms with van der Waals surface area (Å²) < 4.78 is 41.8. The fourth-order valence-corrected chi connectivity index (χ4v) is 3.66. The molecule has 0 N–H and O–H groups in total. The summed E-state index contributed by atoms with van der Waals surface area (Å²) in [6, 6.07) is 12.3. The summed E-state index contributed by atoms with van der Waals surface area (Å²) in [6.45, 7) is -0.408. The van der Waals surface area contributed by atoms with Crippen molar-refractivity contribution in [2.75, 3.05) is 11.9 Å². The molecule has 0 saturated carbocycles. The predicted octanol–water partition coefficient (Wildman–Crippen LogP) is 4.29. The van der Waals surface area contributed by atoms with Gasteiger partial charge in [0.25, 0.3) is 5.56 Å². The molecule has 0 aliphatic carbocycles. The Balaban J connectivity index is 1.48. The third-order valence-electron chi connectivity index (χ3n) is 5.10. The van der Waals surface area contributed by atoms with Gasteiger partial charge in [-0.1, -0.05) is 23.7 Å². The van der Waals surface area contributed by atoms with Crippen LogP contribution in [0.3, 0.4) is 0 Å². The number of carbonyl (C=O) groups excluding carboxylic acids is 1. The van der Waals surface area contributed by atoms with E-state index in [4.69, 9.17) is 16.0 Å². The van der Waals surface area contributed by atoms with Crippen LogP contribution in [0.2, 0.25) is 5.02 Å². The first-order valence-electron chi connectivity index (χ1n) is 9.62. The highest BCUT2D eigenvalue weighted by atomic mass is 35.5. The number of halogens is 3. The lowest BCUT2D eigenvalue weighted by Gasteiger charge is -2.18. The van der Waals surface area contributed by atoms with Crippen molar-refractivity contribution < 1.29 is 27.5 Å². The highest BCUT2D eigenvalue weighted by Gasteiger charge is 2.43. The fourth-order valence-electron chi connectivity index (χ4n) is 3.47. The van der Waals surface area contributed by atoms with Gasteiger partial charge < -0.3 is 18.8 Å². The number of nitrogens with zero attached hydrogens (tertiary/aromatic N) is 3. The molecule has 168 valence electrons. The molecule has 1 aliphatic heterocycles. The molecule has 0 bridgehead atoms. The van der Waals surface area contributed by atoms with Crippen molar-refractivity contribution in [3.05, 3.63) is 70.2 Å². The second-order valence-corrected chi connectivity index (χ2v) is 7.67. The molecular weight excluding hydrogens is 460 g/mol. The number of rotatable bonds is 4. The molecule has 0 radical (unpaired) electrons. The Hall–Kier alpha value is -3.92. The second-order valence-electron chi connectivity index (χ2n) is 7.24. The number of carbonyl (C=O) groups is 1. The monoisotopic (exact) mass is 473 g/mol. The number of hydrogen-bond acceptors (Lipinski definition) is 6. The summed E-state index contributed by atoms with van der Waals surface area (Å²) in [7, 11) is 1.44. The highest BCUT2D eigenvalue weighted by molar-refractivity contribution is 6.30. The van der Waals surface area contributed by atoms with Gasteiger partial charge in [0.2, 0.25) is 5.91 Å². The van der Waals surface area contributed by atoms with E-state index in [-0.39, 0.29) is 28.2 Å². The minimum Gasteiger partial charge on any atom is -0.462 e. The lowest BCUT2D eigenvalue weighted by atomic mass is 10.1. The van der Waals surface area contributed by atoms with Crippen LogP contribution in [0.4, 0.5) is 14.5 Å². The van der Waals surface area contributed by atoms with Gasteiger partial charge in [-0.25, -0.2) is 4.68 Å². The summed E-state index contributed by atoms with van der Waals surface area (Å²) in [6.07, 6.45) is -2.40. The molecule has 1 amide bonds. The first-order chi connectivity index (χ1) is 15.7. The van der Waals surface area contributed by atoms with E-state index in [2.05, 4.69) is 14.6 Å². The standard InChI is InChI=1S/C22H14ClF2N3O5/c1-27(14-5-6-16-17(10-14)33-22(24,25)32-16)18(29)11-28-21(30)15-7-8-31-20(15)19(26-28)12-3-2-4-13(23)9-12/h2-10H,11H2,1H3. The van der Waals surface area contributed by atoms with Gasteiger partial charge in [0.05, 0.1) is 11.6 Å². The van der Waals surface area contributed by atoms with E-state index in [1.165, 1.54) is 42.5 Å². The van der Waals surface area contributed by atoms with Crippen LogP contribution >= 0.6 is 11.6 Å². The number of fused-ring (bicyclic) bond motifs is 2. The quantitative estimate of drug-likeness (QED) is 0.439. The zero-order chi connectivity index (χ0) is 23.3. The average molecular weight is 474 g/mol. The number of aromatic nitrogens is 2. The second kappa shape index (κ2) is 7.59. The smallest absolute Gasteiger partial charge is 0.462 e. The molecule has 0 unspecified atom stereocenters. The van der Waals surface area contributed by atoms with Gasteiger partial charge >= 0.3 is 6.29 Å². The minimum absolute atomic E-state index is 0.140. The van der Waals surface area contributed by atoms with Gasteiger partial charge in [-0.3, -0.25) is 9.59 Å². The van der Waals surface area contributed by atoms with Crippen molar-refractivity contribution in [3.63, 3.8) is 0 Å². The van der Waals surface area contributed by atoms with Gasteiger partial charge in [0.1, 0.15) is 12.2 Å². The van der Waals surface area contributed by atoms with Crippen LogP contribution in [0.15, 0.2) is 64.0 Å². The Morgan fingerprint density at radius 3 is 2.73 bits per heavy atom. The van der Waals surface area contributed by atoms with Gasteiger partial charge in [0.15, 0.2) is 17.1 Å². The van der Waals surface area contributed by atoms with Crippen LogP contribution in [-0.2, 0) is 11.3 Å². The van der Waals surface area contributed by atoms with Crippen LogP contribution in [0.25, 0.3) is 22.2 Å². The number of ether oxygens (including phenoxy) is 2. The van der Waals surface area contributed by atoms with Crippen LogP contribution in [0.1, 0.15) is 0 Å². The van der Waals surface area contributed by atoms with E-state index in [9.17, 15) is 18.4 Å². The molecule has 3 heterocycles. The van der Waals surface area contributed by atoms with Gasteiger partial charge in [-0.15, -0.1) is 8.78 Å². The summed E-state index contributed by atoms with van der Waals surface area (Å²) in [4.78, 5) is 27.0. The first-order valence-corrected chi connectivity index (χ1v) is 10.0. The number of benzene rings is 2. The molecule has 0 atom stereocenters. The molecule has 5 rings (SSSR count). The predicted molar refractivity (Wildman–Crippen MR) is 115 cm³/mol. The van der Waals surface area contributed by atoms with Gasteiger partial charge in [0, 0.05) is 29.4 Å². The molecule has 33 heavy (non-hydrogen) atoms. The lowest BCUT2D eigenvalue weighted by molar-refractivity contribution is -0.286. The Labute approximate surface area is 189 Å². The molecule has 11 heteroatoms. The maximum atomic E-state index is 13.3. The van der Waals surface area contributed by atoms with Crippen molar-refractivity contribution in [1.29, 1.82) is 0 Å². The van der Waals surface area contributed by atoms with E-state index in [1.54, 1.807) is 24.3 Å². The number of amides is 1. The first kappa shape index (κ1) is 21.0. The number of anilines is 1. The fraction of sp³-hybridized carbons (Fsp3) is 0.136. The lowest BCUT2D eigenvalue weighted by Crippen LogP contribution is -2.35. The van der Waals surface area contributed by atoms with Crippen LogP contribution in [-0.4, -0.2) is 29.0 Å². The van der Waals surface area contributed by atoms with Crippen molar-refractivity contribution >= 4 is 34.2 Å². The van der Waals surface area contributed by atoms with Crippen LogP contribution in [0, 0.1) is 0 Å². The zero-order valence-electron chi connectivity index (χ0n) is 16.9. The number of alkyl halides is 2. The van der Waals surface area contributed by atoms with E-state index in [1.807, 2.05) is 0 Å². The van der Waals surface area contributed by atoms with E-state index < -0.39 is 24.3 Å². The maximum absolute atomic E-state index is 13.3. The molecular formula is C22H14ClF2N3O5. The topological polar surface area (TPSA) is 86.8 Å². The number of likely N-dealkylation sites (N-methyl/N-ethyl adjacent to an activating group) is 1. The largest absolute Gasteiger partial charge is 0.586 e. The molecule has 8 nitrogen and oxygen atoms in total. The molecule has 2 aromatic heterocycles. The average Bonchev–Trinajstić information content (AvgIpc) is 3.37. The number of furan rings is 1. The highest BCUT2D eigenvalue weighted by Crippen LogP contribution is 2.42.